The van der Waals surface area contributed by atoms with Gasteiger partial charge in [-0.15, -0.1) is 11.3 Å². The molecular weight excluding hydrogens is 371 g/mol. The number of benzene rings is 1. The number of nitrogens with zero attached hydrogens (tertiary/aromatic N) is 2. The topological polar surface area (TPSA) is 91.4 Å². The van der Waals surface area contributed by atoms with Crippen molar-refractivity contribution in [2.24, 2.45) is 0 Å². The Kier molecular flexibility index (Phi) is 4.61. The number of imide groups is 1. The molecule has 27 heavy (non-hydrogen) atoms. The summed E-state index contributed by atoms with van der Waals surface area (Å²) in [6.07, 6.45) is 2.82. The molecule has 4 amide bonds. The maximum absolute atomic E-state index is 13.3. The van der Waals surface area contributed by atoms with E-state index in [1.807, 2.05) is 0 Å². The minimum atomic E-state index is -0.933. The number of carbonyl (C=O) groups excluding carboxylic acids is 3. The molecule has 2 aliphatic rings. The fraction of sp³-hybridized carbons (Fsp3) is 0.333. The first kappa shape index (κ1) is 17.6. The van der Waals surface area contributed by atoms with E-state index < -0.39 is 23.8 Å². The summed E-state index contributed by atoms with van der Waals surface area (Å²) in [6, 6.07) is 4.18. The Balaban J connectivity index is 1.37. The number of rotatable bonds is 5. The van der Waals surface area contributed by atoms with E-state index in [1.165, 1.54) is 34.4 Å². The number of aryl methyl sites for hydroxylation is 2. The molecule has 4 rings (SSSR count). The zero-order chi connectivity index (χ0) is 19.0. The maximum Gasteiger partial charge on any atom is 0.325 e. The Morgan fingerprint density at radius 3 is 3.00 bits per heavy atom. The van der Waals surface area contributed by atoms with Crippen molar-refractivity contribution in [1.82, 2.24) is 15.2 Å². The van der Waals surface area contributed by atoms with Crippen LogP contribution < -0.4 is 10.6 Å². The zero-order valence-corrected chi connectivity index (χ0v) is 15.1. The number of hydrogen-bond acceptors (Lipinski definition) is 5. The van der Waals surface area contributed by atoms with Crippen LogP contribution in [0.25, 0.3) is 0 Å². The van der Waals surface area contributed by atoms with Crippen LogP contribution in [-0.4, -0.2) is 33.8 Å². The van der Waals surface area contributed by atoms with E-state index in [0.29, 0.717) is 10.7 Å². The smallest absolute Gasteiger partial charge is 0.325 e. The van der Waals surface area contributed by atoms with E-state index in [4.69, 9.17) is 0 Å². The van der Waals surface area contributed by atoms with Crippen molar-refractivity contribution in [1.29, 1.82) is 0 Å². The molecule has 0 radical (unpaired) electrons. The summed E-state index contributed by atoms with van der Waals surface area (Å²) in [5, 5.41) is 5.74. The van der Waals surface area contributed by atoms with Crippen LogP contribution >= 0.6 is 11.3 Å². The second-order valence-electron chi connectivity index (χ2n) is 6.55. The monoisotopic (exact) mass is 388 g/mol. The van der Waals surface area contributed by atoms with Crippen molar-refractivity contribution in [2.75, 3.05) is 5.32 Å². The Hall–Kier alpha value is -2.81. The lowest BCUT2D eigenvalue weighted by Gasteiger charge is -2.13. The number of thiazole rings is 1. The average Bonchev–Trinajstić information content (AvgIpc) is 3.25. The molecule has 1 aliphatic heterocycles. The van der Waals surface area contributed by atoms with E-state index in [-0.39, 0.29) is 18.9 Å². The molecule has 1 fully saturated rings. The number of amides is 4. The molecule has 1 aliphatic carbocycles. The van der Waals surface area contributed by atoms with Crippen molar-refractivity contribution in [2.45, 2.75) is 38.3 Å². The number of fused-ring (bicyclic) bond motifs is 1. The molecule has 9 heteroatoms. The summed E-state index contributed by atoms with van der Waals surface area (Å²) in [4.78, 5) is 43.3. The molecule has 7 nitrogen and oxygen atoms in total. The first-order chi connectivity index (χ1) is 13.0. The molecule has 0 spiro atoms. The second-order valence-corrected chi connectivity index (χ2v) is 7.63. The Morgan fingerprint density at radius 2 is 2.22 bits per heavy atom. The van der Waals surface area contributed by atoms with Crippen molar-refractivity contribution >= 4 is 34.3 Å². The van der Waals surface area contributed by atoms with E-state index in [9.17, 15) is 18.8 Å². The highest BCUT2D eigenvalue weighted by Gasteiger charge is 2.39. The van der Waals surface area contributed by atoms with Gasteiger partial charge < -0.3 is 10.6 Å². The van der Waals surface area contributed by atoms with Crippen molar-refractivity contribution < 1.29 is 18.8 Å². The minimum absolute atomic E-state index is 0.0419. The van der Waals surface area contributed by atoms with Gasteiger partial charge in [-0.2, -0.15) is 0 Å². The first-order valence-corrected chi connectivity index (χ1v) is 9.46. The van der Waals surface area contributed by atoms with Gasteiger partial charge in [0.25, 0.3) is 5.91 Å². The molecule has 0 bridgehead atoms. The third-order valence-electron chi connectivity index (χ3n) is 4.57. The van der Waals surface area contributed by atoms with Gasteiger partial charge in [-0.05, 0) is 37.0 Å². The first-order valence-electron chi connectivity index (χ1n) is 8.64. The Bertz CT molecular complexity index is 908. The van der Waals surface area contributed by atoms with Crippen LogP contribution in [0, 0.1) is 5.82 Å². The van der Waals surface area contributed by atoms with Gasteiger partial charge in [-0.25, -0.2) is 14.2 Å². The van der Waals surface area contributed by atoms with Crippen LogP contribution in [0.4, 0.5) is 14.3 Å². The molecule has 1 saturated heterocycles. The third kappa shape index (κ3) is 3.68. The predicted octanol–water partition coefficient (Wildman–Crippen LogP) is 2.22. The second kappa shape index (κ2) is 7.07. The summed E-state index contributed by atoms with van der Waals surface area (Å²) >= 11 is 1.45. The lowest BCUT2D eigenvalue weighted by molar-refractivity contribution is -0.130. The van der Waals surface area contributed by atoms with Crippen molar-refractivity contribution in [3.8, 4) is 0 Å². The highest BCUT2D eigenvalue weighted by molar-refractivity contribution is 7.15. The van der Waals surface area contributed by atoms with Gasteiger partial charge in [0.15, 0.2) is 5.13 Å². The maximum atomic E-state index is 13.3. The Labute approximate surface area is 158 Å². The third-order valence-corrected chi connectivity index (χ3v) is 5.64. The normalized spacial score (nSPS) is 18.6. The largest absolute Gasteiger partial charge is 0.325 e. The van der Waals surface area contributed by atoms with Crippen LogP contribution in [-0.2, 0) is 29.0 Å². The predicted molar refractivity (Wildman–Crippen MR) is 96.7 cm³/mol. The quantitative estimate of drug-likeness (QED) is 0.769. The van der Waals surface area contributed by atoms with Gasteiger partial charge in [0.2, 0.25) is 5.91 Å². The number of aromatic nitrogens is 1. The Morgan fingerprint density at radius 1 is 1.37 bits per heavy atom. The van der Waals surface area contributed by atoms with E-state index in [0.717, 1.165) is 29.9 Å². The molecule has 1 aromatic carbocycles. The zero-order valence-electron chi connectivity index (χ0n) is 14.3. The van der Waals surface area contributed by atoms with E-state index in [2.05, 4.69) is 15.6 Å². The SMILES string of the molecule is O=C(C[C@@H]1NC(=O)N(Cc2cccc(F)c2)C1=O)Nc1nc2c(s1)CCC2. The standard InChI is InChI=1S/C18H17FN4O3S/c19-11-4-1-3-10(7-11)9-23-16(25)13(21-18(23)26)8-15(24)22-17-20-12-5-2-6-14(12)27-17/h1,3-4,7,13H,2,5-6,8-9H2,(H,21,26)(H,20,22,24)/t13-/m0/s1. The van der Waals surface area contributed by atoms with Gasteiger partial charge >= 0.3 is 6.03 Å². The summed E-state index contributed by atoms with van der Waals surface area (Å²) in [5.41, 5.74) is 1.53. The lowest BCUT2D eigenvalue weighted by atomic mass is 10.1. The van der Waals surface area contributed by atoms with Crippen LogP contribution in [0.5, 0.6) is 0 Å². The summed E-state index contributed by atoms with van der Waals surface area (Å²) in [6.45, 7) is -0.0419. The molecular formula is C18H17FN4O3S. The van der Waals surface area contributed by atoms with E-state index in [1.54, 1.807) is 6.07 Å². The fourth-order valence-corrected chi connectivity index (χ4v) is 4.35. The van der Waals surface area contributed by atoms with Crippen LogP contribution in [0.15, 0.2) is 24.3 Å². The number of halogens is 1. The molecule has 140 valence electrons. The van der Waals surface area contributed by atoms with Gasteiger partial charge in [0.1, 0.15) is 11.9 Å². The number of anilines is 1. The number of carbonyl (C=O) groups is 3. The molecule has 2 N–H and O–H groups in total. The van der Waals surface area contributed by atoms with Gasteiger partial charge in [0.05, 0.1) is 18.7 Å². The summed E-state index contributed by atoms with van der Waals surface area (Å²) in [7, 11) is 0. The molecule has 1 aromatic heterocycles. The minimum Gasteiger partial charge on any atom is -0.325 e. The molecule has 1 atom stereocenters. The molecule has 0 unspecified atom stereocenters. The number of hydrogen-bond donors (Lipinski definition) is 2. The average molecular weight is 388 g/mol. The van der Waals surface area contributed by atoms with Crippen molar-refractivity contribution in [3.05, 3.63) is 46.2 Å². The number of nitrogens with one attached hydrogen (secondary N) is 2. The summed E-state index contributed by atoms with van der Waals surface area (Å²) in [5.74, 6) is -1.32. The molecule has 2 heterocycles. The molecule has 2 aromatic rings. The van der Waals surface area contributed by atoms with E-state index >= 15 is 0 Å². The van der Waals surface area contributed by atoms with Gasteiger partial charge in [0, 0.05) is 4.88 Å². The fourth-order valence-electron chi connectivity index (χ4n) is 3.28. The number of urea groups is 1. The highest BCUT2D eigenvalue weighted by atomic mass is 32.1. The van der Waals surface area contributed by atoms with Gasteiger partial charge in [-0.3, -0.25) is 14.5 Å². The lowest BCUT2D eigenvalue weighted by Crippen LogP contribution is -2.34. The molecule has 0 saturated carbocycles. The van der Waals surface area contributed by atoms with Gasteiger partial charge in [-0.1, -0.05) is 12.1 Å². The van der Waals surface area contributed by atoms with Crippen LogP contribution in [0.2, 0.25) is 0 Å². The van der Waals surface area contributed by atoms with Crippen molar-refractivity contribution in [3.63, 3.8) is 0 Å². The van der Waals surface area contributed by atoms with Crippen LogP contribution in [0.3, 0.4) is 0 Å². The summed E-state index contributed by atoms with van der Waals surface area (Å²) < 4.78 is 13.3. The van der Waals surface area contributed by atoms with Crippen LogP contribution in [0.1, 0.15) is 29.0 Å². The highest BCUT2D eigenvalue weighted by Crippen LogP contribution is 2.30.